The van der Waals surface area contributed by atoms with Crippen LogP contribution in [0, 0.1) is 5.82 Å². The van der Waals surface area contributed by atoms with Crippen LogP contribution in [0.1, 0.15) is 10.4 Å². The highest BCUT2D eigenvalue weighted by atomic mass is 35.5. The van der Waals surface area contributed by atoms with Crippen LogP contribution in [0.2, 0.25) is 5.02 Å². The molecule has 2 N–H and O–H groups in total. The van der Waals surface area contributed by atoms with Crippen LogP contribution in [0.3, 0.4) is 0 Å². The zero-order chi connectivity index (χ0) is 11.9. The maximum Gasteiger partial charge on any atom is 0.341 e. The van der Waals surface area contributed by atoms with Gasteiger partial charge in [-0.2, -0.15) is 0 Å². The lowest BCUT2D eigenvalue weighted by atomic mass is 10.1. The van der Waals surface area contributed by atoms with Crippen LogP contribution in [-0.4, -0.2) is 16.1 Å². The Hall–Kier alpha value is -1.88. The lowest BCUT2D eigenvalue weighted by molar-refractivity contribution is 0.0695. The third-order valence-electron chi connectivity index (χ3n) is 2.18. The molecule has 4 nitrogen and oxygen atoms in total. The van der Waals surface area contributed by atoms with Gasteiger partial charge in [0.15, 0.2) is 5.82 Å². The number of aromatic amines is 1. The number of H-pyrrole nitrogens is 1. The second-order valence-corrected chi connectivity index (χ2v) is 3.53. The first-order valence-corrected chi connectivity index (χ1v) is 4.63. The number of benzene rings is 1. The number of fused-ring (bicyclic) bond motifs is 1. The summed E-state index contributed by atoms with van der Waals surface area (Å²) in [5.74, 6) is -2.13. The van der Waals surface area contributed by atoms with Crippen molar-refractivity contribution >= 4 is 28.5 Å². The number of carboxylic acid groups (broad SMARTS) is 1. The monoisotopic (exact) mass is 241 g/mol. The number of nitrogens with one attached hydrogen (secondary N) is 1. The Morgan fingerprint density at radius 3 is 2.75 bits per heavy atom. The largest absolute Gasteiger partial charge is 0.477 e. The van der Waals surface area contributed by atoms with E-state index in [4.69, 9.17) is 16.7 Å². The van der Waals surface area contributed by atoms with Crippen molar-refractivity contribution in [1.29, 1.82) is 0 Å². The highest BCUT2D eigenvalue weighted by Crippen LogP contribution is 2.20. The summed E-state index contributed by atoms with van der Waals surface area (Å²) in [4.78, 5) is 24.7. The van der Waals surface area contributed by atoms with E-state index in [1.807, 2.05) is 0 Å². The average molecular weight is 242 g/mol. The van der Waals surface area contributed by atoms with E-state index in [0.29, 0.717) is 0 Å². The summed E-state index contributed by atoms with van der Waals surface area (Å²) in [7, 11) is 0. The predicted octanol–water partition coefficient (Wildman–Crippen LogP) is 2.02. The van der Waals surface area contributed by atoms with Gasteiger partial charge < -0.3 is 10.1 Å². The molecule has 0 saturated carbocycles. The van der Waals surface area contributed by atoms with Crippen molar-refractivity contribution in [2.45, 2.75) is 0 Å². The molecule has 0 radical (unpaired) electrons. The number of aromatic carboxylic acids is 1. The fraction of sp³-hybridized carbons (Fsp3) is 0. The quantitative estimate of drug-likeness (QED) is 0.802. The molecular weight excluding hydrogens is 237 g/mol. The van der Waals surface area contributed by atoms with Gasteiger partial charge in [0.25, 0.3) is 0 Å². The third kappa shape index (κ3) is 1.45. The predicted molar refractivity (Wildman–Crippen MR) is 56.5 cm³/mol. The van der Waals surface area contributed by atoms with E-state index in [2.05, 4.69) is 4.98 Å². The van der Waals surface area contributed by atoms with E-state index < -0.39 is 22.8 Å². The molecule has 1 heterocycles. The molecule has 0 spiro atoms. The number of aromatic nitrogens is 1. The molecule has 0 amide bonds. The van der Waals surface area contributed by atoms with Crippen LogP contribution >= 0.6 is 11.6 Å². The Morgan fingerprint density at radius 1 is 1.44 bits per heavy atom. The van der Waals surface area contributed by atoms with Gasteiger partial charge in [-0.1, -0.05) is 11.6 Å². The smallest absolute Gasteiger partial charge is 0.341 e. The Labute approximate surface area is 93.3 Å². The Balaban J connectivity index is 2.93. The van der Waals surface area contributed by atoms with Crippen LogP contribution < -0.4 is 5.43 Å². The Bertz CT molecular complexity index is 650. The highest BCUT2D eigenvalue weighted by molar-refractivity contribution is 6.31. The number of carboxylic acids is 1. The molecule has 0 aliphatic carbocycles. The lowest BCUT2D eigenvalue weighted by Gasteiger charge is -2.02. The highest BCUT2D eigenvalue weighted by Gasteiger charge is 2.14. The number of hydrogen-bond acceptors (Lipinski definition) is 2. The normalized spacial score (nSPS) is 10.6. The van der Waals surface area contributed by atoms with Crippen molar-refractivity contribution in [1.82, 2.24) is 4.98 Å². The molecular formula is C10H5ClFNO3. The summed E-state index contributed by atoms with van der Waals surface area (Å²) in [6.07, 6.45) is 0.951. The van der Waals surface area contributed by atoms with Crippen LogP contribution in [-0.2, 0) is 0 Å². The minimum Gasteiger partial charge on any atom is -0.477 e. The van der Waals surface area contributed by atoms with E-state index in [0.717, 1.165) is 6.20 Å². The summed E-state index contributed by atoms with van der Waals surface area (Å²) in [5, 5.41) is 8.54. The van der Waals surface area contributed by atoms with Gasteiger partial charge in [-0.25, -0.2) is 9.18 Å². The molecule has 16 heavy (non-hydrogen) atoms. The fourth-order valence-electron chi connectivity index (χ4n) is 1.39. The van der Waals surface area contributed by atoms with E-state index in [-0.39, 0.29) is 15.9 Å². The fourth-order valence-corrected chi connectivity index (χ4v) is 1.55. The standard InChI is InChI=1S/C10H5ClFNO3/c11-6-2-1-4-8(7(6)12)13-3-5(9(4)14)10(15)16/h1-3H,(H,13,14)(H,15,16). The number of hydrogen-bond donors (Lipinski definition) is 2. The SMILES string of the molecule is O=C(O)c1c[nH]c2c(F)c(Cl)ccc2c1=O. The first-order chi connectivity index (χ1) is 7.52. The Morgan fingerprint density at radius 2 is 2.12 bits per heavy atom. The maximum atomic E-state index is 13.5. The van der Waals surface area contributed by atoms with Gasteiger partial charge in [0.1, 0.15) is 5.56 Å². The second kappa shape index (κ2) is 3.61. The van der Waals surface area contributed by atoms with Crippen LogP contribution in [0.25, 0.3) is 10.9 Å². The maximum absolute atomic E-state index is 13.5. The molecule has 0 fully saturated rings. The second-order valence-electron chi connectivity index (χ2n) is 3.12. The summed E-state index contributed by atoms with van der Waals surface area (Å²) in [6.45, 7) is 0. The van der Waals surface area contributed by atoms with E-state index >= 15 is 0 Å². The third-order valence-corrected chi connectivity index (χ3v) is 2.47. The lowest BCUT2D eigenvalue weighted by Crippen LogP contribution is -2.15. The van der Waals surface area contributed by atoms with Gasteiger partial charge in [-0.05, 0) is 12.1 Å². The van der Waals surface area contributed by atoms with Gasteiger partial charge in [0.2, 0.25) is 5.43 Å². The summed E-state index contributed by atoms with van der Waals surface area (Å²) in [5.41, 5.74) is -1.27. The molecule has 0 unspecified atom stereocenters. The van der Waals surface area contributed by atoms with Gasteiger partial charge >= 0.3 is 5.97 Å². The first-order valence-electron chi connectivity index (χ1n) is 4.25. The van der Waals surface area contributed by atoms with Gasteiger partial charge in [-0.15, -0.1) is 0 Å². The topological polar surface area (TPSA) is 70.2 Å². The molecule has 1 aromatic heterocycles. The van der Waals surface area contributed by atoms with Crippen molar-refractivity contribution in [3.05, 3.63) is 45.0 Å². The van der Waals surface area contributed by atoms with Crippen molar-refractivity contribution < 1.29 is 14.3 Å². The number of pyridine rings is 1. The van der Waals surface area contributed by atoms with Crippen LogP contribution in [0.4, 0.5) is 4.39 Å². The Kier molecular flexibility index (Phi) is 2.40. The molecule has 6 heteroatoms. The van der Waals surface area contributed by atoms with Crippen LogP contribution in [0.5, 0.6) is 0 Å². The van der Waals surface area contributed by atoms with Crippen molar-refractivity contribution in [2.24, 2.45) is 0 Å². The zero-order valence-electron chi connectivity index (χ0n) is 7.75. The minimum absolute atomic E-state index is 0.0400. The number of rotatable bonds is 1. The van der Waals surface area contributed by atoms with Crippen molar-refractivity contribution in [2.75, 3.05) is 0 Å². The molecule has 82 valence electrons. The zero-order valence-corrected chi connectivity index (χ0v) is 8.51. The van der Waals surface area contributed by atoms with Gasteiger partial charge in [0.05, 0.1) is 10.5 Å². The first kappa shape index (κ1) is 10.6. The molecule has 0 aliphatic heterocycles. The summed E-state index contributed by atoms with van der Waals surface area (Å²) < 4.78 is 13.5. The summed E-state index contributed by atoms with van der Waals surface area (Å²) >= 11 is 5.53. The van der Waals surface area contributed by atoms with E-state index in [9.17, 15) is 14.0 Å². The van der Waals surface area contributed by atoms with E-state index in [1.165, 1.54) is 12.1 Å². The number of halogens is 2. The molecule has 0 atom stereocenters. The summed E-state index contributed by atoms with van der Waals surface area (Å²) in [6, 6.07) is 2.49. The molecule has 2 aromatic rings. The van der Waals surface area contributed by atoms with Gasteiger partial charge in [0, 0.05) is 11.6 Å². The minimum atomic E-state index is -1.36. The van der Waals surface area contributed by atoms with Crippen molar-refractivity contribution in [3.8, 4) is 0 Å². The van der Waals surface area contributed by atoms with Crippen molar-refractivity contribution in [3.63, 3.8) is 0 Å². The van der Waals surface area contributed by atoms with Gasteiger partial charge in [-0.3, -0.25) is 4.79 Å². The molecule has 0 bridgehead atoms. The number of carbonyl (C=O) groups is 1. The average Bonchev–Trinajstić information content (AvgIpc) is 2.23. The molecule has 0 saturated heterocycles. The van der Waals surface area contributed by atoms with E-state index in [1.54, 1.807) is 0 Å². The molecule has 1 aromatic carbocycles. The molecule has 0 aliphatic rings. The molecule has 2 rings (SSSR count). The van der Waals surface area contributed by atoms with Crippen LogP contribution in [0.15, 0.2) is 23.1 Å².